The molecule has 0 fully saturated rings. The van der Waals surface area contributed by atoms with Gasteiger partial charge >= 0.3 is 6.01 Å². The lowest BCUT2D eigenvalue weighted by Crippen LogP contribution is -1.92. The number of fused-ring (bicyclic) bond motifs is 1. The zero-order valence-electron chi connectivity index (χ0n) is 14.6. The maximum atomic E-state index is 5.82. The van der Waals surface area contributed by atoms with Gasteiger partial charge in [-0.05, 0) is 49.2 Å². The second kappa shape index (κ2) is 6.44. The van der Waals surface area contributed by atoms with E-state index in [1.54, 1.807) is 37.8 Å². The Bertz CT molecular complexity index is 1050. The van der Waals surface area contributed by atoms with E-state index in [2.05, 4.69) is 19.9 Å². The van der Waals surface area contributed by atoms with Crippen LogP contribution in [0.15, 0.2) is 47.3 Å². The van der Waals surface area contributed by atoms with Crippen molar-refractivity contribution in [3.63, 3.8) is 0 Å². The van der Waals surface area contributed by atoms with Gasteiger partial charge in [-0.15, -0.1) is 0 Å². The fourth-order valence-corrected chi connectivity index (χ4v) is 2.80. The number of aryl methyl sites for hydroxylation is 2. The van der Waals surface area contributed by atoms with Gasteiger partial charge in [0.25, 0.3) is 5.71 Å². The van der Waals surface area contributed by atoms with Gasteiger partial charge in [0.1, 0.15) is 17.0 Å². The number of ether oxygens (including phenoxy) is 2. The van der Waals surface area contributed by atoms with Gasteiger partial charge < -0.3 is 13.9 Å². The molecule has 0 aliphatic rings. The Balaban J connectivity index is 1.70. The second-order valence-corrected chi connectivity index (χ2v) is 5.80. The molecule has 130 valence electrons. The van der Waals surface area contributed by atoms with Crippen molar-refractivity contribution in [2.45, 2.75) is 13.8 Å². The summed E-state index contributed by atoms with van der Waals surface area (Å²) in [4.78, 5) is 16.9. The van der Waals surface area contributed by atoms with Crippen LogP contribution in [-0.2, 0) is 0 Å². The molecule has 0 atom stereocenters. The molecule has 7 heteroatoms. The summed E-state index contributed by atoms with van der Waals surface area (Å²) in [5.41, 5.74) is 3.80. The molecule has 3 aromatic heterocycles. The van der Waals surface area contributed by atoms with E-state index in [9.17, 15) is 0 Å². The summed E-state index contributed by atoms with van der Waals surface area (Å²) in [7, 11) is 1.66. The molecule has 0 unspecified atom stereocenters. The first kappa shape index (κ1) is 16.0. The van der Waals surface area contributed by atoms with Crippen LogP contribution in [-0.4, -0.2) is 27.0 Å². The van der Waals surface area contributed by atoms with Crippen molar-refractivity contribution in [1.82, 2.24) is 19.9 Å². The highest BCUT2D eigenvalue weighted by atomic mass is 16.5. The van der Waals surface area contributed by atoms with Crippen LogP contribution in [0.25, 0.3) is 22.7 Å². The first-order chi connectivity index (χ1) is 12.6. The number of methoxy groups -OCH3 is 1. The standard InChI is InChI=1S/C19H16N4O3/c1-11-7-13(8-12(2)16(11)24-3)17-22-15-10-21-19(23-18(15)26-17)25-14-5-4-6-20-9-14/h4-10H,1-3H3. The van der Waals surface area contributed by atoms with Crippen LogP contribution in [0.1, 0.15) is 11.1 Å². The van der Waals surface area contributed by atoms with Crippen molar-refractivity contribution in [2.24, 2.45) is 0 Å². The molecule has 4 rings (SSSR count). The van der Waals surface area contributed by atoms with E-state index < -0.39 is 0 Å². The van der Waals surface area contributed by atoms with Gasteiger partial charge in [-0.2, -0.15) is 4.98 Å². The summed E-state index contributed by atoms with van der Waals surface area (Å²) < 4.78 is 16.8. The van der Waals surface area contributed by atoms with Gasteiger partial charge in [-0.3, -0.25) is 4.98 Å². The Morgan fingerprint density at radius 1 is 1.04 bits per heavy atom. The molecule has 0 radical (unpaired) electrons. The third kappa shape index (κ3) is 2.95. The van der Waals surface area contributed by atoms with Crippen LogP contribution < -0.4 is 9.47 Å². The van der Waals surface area contributed by atoms with Crippen LogP contribution in [0.4, 0.5) is 0 Å². The smallest absolute Gasteiger partial charge is 0.325 e. The molecule has 0 saturated carbocycles. The Kier molecular flexibility index (Phi) is 3.96. The predicted octanol–water partition coefficient (Wildman–Crippen LogP) is 4.10. The maximum absolute atomic E-state index is 5.82. The molecule has 0 saturated heterocycles. The Morgan fingerprint density at radius 3 is 2.54 bits per heavy atom. The molecule has 4 aromatic rings. The molecular weight excluding hydrogens is 332 g/mol. The van der Waals surface area contributed by atoms with Crippen molar-refractivity contribution < 1.29 is 13.9 Å². The number of pyridine rings is 1. The number of benzene rings is 1. The Labute approximate surface area is 149 Å². The monoisotopic (exact) mass is 348 g/mol. The number of rotatable bonds is 4. The predicted molar refractivity (Wildman–Crippen MR) is 95.4 cm³/mol. The lowest BCUT2D eigenvalue weighted by molar-refractivity contribution is 0.408. The minimum absolute atomic E-state index is 0.176. The van der Waals surface area contributed by atoms with Gasteiger partial charge in [0.05, 0.1) is 19.5 Å². The molecule has 3 heterocycles. The van der Waals surface area contributed by atoms with E-state index in [4.69, 9.17) is 13.9 Å². The molecular formula is C19H16N4O3. The Morgan fingerprint density at radius 2 is 1.85 bits per heavy atom. The molecule has 0 N–H and O–H groups in total. The summed E-state index contributed by atoms with van der Waals surface area (Å²) >= 11 is 0. The number of nitrogens with zero attached hydrogens (tertiary/aromatic N) is 4. The van der Waals surface area contributed by atoms with Crippen LogP contribution in [0.2, 0.25) is 0 Å². The molecule has 1 aromatic carbocycles. The molecule has 0 spiro atoms. The van der Waals surface area contributed by atoms with Gasteiger partial charge in [0.15, 0.2) is 0 Å². The van der Waals surface area contributed by atoms with Crippen molar-refractivity contribution in [1.29, 1.82) is 0 Å². The van der Waals surface area contributed by atoms with Crippen molar-refractivity contribution in [3.05, 3.63) is 54.0 Å². The number of aromatic nitrogens is 4. The number of hydrogen-bond acceptors (Lipinski definition) is 7. The fourth-order valence-electron chi connectivity index (χ4n) is 2.80. The minimum Gasteiger partial charge on any atom is -0.496 e. The zero-order chi connectivity index (χ0) is 18.1. The van der Waals surface area contributed by atoms with E-state index in [-0.39, 0.29) is 6.01 Å². The van der Waals surface area contributed by atoms with Gasteiger partial charge in [0.2, 0.25) is 5.89 Å². The Hall–Kier alpha value is -3.48. The second-order valence-electron chi connectivity index (χ2n) is 5.80. The van der Waals surface area contributed by atoms with Crippen LogP contribution in [0.5, 0.6) is 17.5 Å². The fraction of sp³-hybridized carbons (Fsp3) is 0.158. The largest absolute Gasteiger partial charge is 0.496 e. The summed E-state index contributed by atoms with van der Waals surface area (Å²) in [6.07, 6.45) is 4.82. The summed E-state index contributed by atoms with van der Waals surface area (Å²) in [6, 6.07) is 7.66. The highest BCUT2D eigenvalue weighted by molar-refractivity contribution is 5.72. The molecule has 0 amide bonds. The quantitative estimate of drug-likeness (QED) is 0.549. The summed E-state index contributed by atoms with van der Waals surface area (Å²) in [5, 5.41) is 0. The molecule has 26 heavy (non-hydrogen) atoms. The van der Waals surface area contributed by atoms with Crippen LogP contribution in [0, 0.1) is 13.8 Å². The summed E-state index contributed by atoms with van der Waals surface area (Å²) in [6.45, 7) is 3.97. The average Bonchev–Trinajstić information content (AvgIpc) is 3.06. The van der Waals surface area contributed by atoms with Gasteiger partial charge in [0, 0.05) is 11.8 Å². The summed E-state index contributed by atoms with van der Waals surface area (Å²) in [5.74, 6) is 1.88. The molecule has 0 bridgehead atoms. The lowest BCUT2D eigenvalue weighted by atomic mass is 10.1. The van der Waals surface area contributed by atoms with E-state index in [0.29, 0.717) is 22.9 Å². The van der Waals surface area contributed by atoms with E-state index in [1.807, 2.05) is 26.0 Å². The topological polar surface area (TPSA) is 83.2 Å². The first-order valence-electron chi connectivity index (χ1n) is 8.01. The van der Waals surface area contributed by atoms with Crippen LogP contribution >= 0.6 is 0 Å². The third-order valence-electron chi connectivity index (χ3n) is 3.88. The van der Waals surface area contributed by atoms with E-state index in [0.717, 1.165) is 22.4 Å². The number of hydrogen-bond donors (Lipinski definition) is 0. The average molecular weight is 348 g/mol. The van der Waals surface area contributed by atoms with Crippen molar-refractivity contribution in [2.75, 3.05) is 7.11 Å². The molecule has 0 aliphatic carbocycles. The molecule has 0 aliphatic heterocycles. The van der Waals surface area contributed by atoms with Gasteiger partial charge in [-0.1, -0.05) is 0 Å². The minimum atomic E-state index is 0.176. The maximum Gasteiger partial charge on any atom is 0.325 e. The highest BCUT2D eigenvalue weighted by Gasteiger charge is 2.14. The van der Waals surface area contributed by atoms with E-state index >= 15 is 0 Å². The van der Waals surface area contributed by atoms with E-state index in [1.165, 1.54) is 0 Å². The van der Waals surface area contributed by atoms with Crippen LogP contribution in [0.3, 0.4) is 0 Å². The third-order valence-corrected chi connectivity index (χ3v) is 3.88. The van der Waals surface area contributed by atoms with Crippen molar-refractivity contribution in [3.8, 4) is 29.0 Å². The lowest BCUT2D eigenvalue weighted by Gasteiger charge is -2.09. The zero-order valence-corrected chi connectivity index (χ0v) is 14.6. The molecule has 7 nitrogen and oxygen atoms in total. The van der Waals surface area contributed by atoms with Crippen molar-refractivity contribution >= 4 is 11.2 Å². The highest BCUT2D eigenvalue weighted by Crippen LogP contribution is 2.31. The SMILES string of the molecule is COc1c(C)cc(-c2nc3cnc(Oc4cccnc4)nc3o2)cc1C. The number of oxazole rings is 1. The van der Waals surface area contributed by atoms with Gasteiger partial charge in [-0.25, -0.2) is 9.97 Å². The normalized spacial score (nSPS) is 10.9. The first-order valence-corrected chi connectivity index (χ1v) is 8.01.